The van der Waals surface area contributed by atoms with Crippen LogP contribution in [0, 0.1) is 5.92 Å². The summed E-state index contributed by atoms with van der Waals surface area (Å²) in [6.45, 7) is 7.84. The van der Waals surface area contributed by atoms with Crippen molar-refractivity contribution in [1.29, 1.82) is 0 Å². The second-order valence-corrected chi connectivity index (χ2v) is 3.94. The maximum atomic E-state index is 11.2. The predicted octanol–water partition coefficient (Wildman–Crippen LogP) is 0.383. The molecular weight excluding hydrogens is 180 g/mol. The van der Waals surface area contributed by atoms with Crippen molar-refractivity contribution < 1.29 is 9.53 Å². The number of rotatable bonds is 7. The number of carbonyl (C=O) groups is 1. The minimum absolute atomic E-state index is 0.0432. The van der Waals surface area contributed by atoms with Gasteiger partial charge in [0.25, 0.3) is 0 Å². The minimum atomic E-state index is 0.0432. The Morgan fingerprint density at radius 1 is 1.36 bits per heavy atom. The number of carbonyl (C=O) groups excluding carboxylic acids is 1. The number of ether oxygens (including phenoxy) is 1. The Labute approximate surface area is 86.4 Å². The van der Waals surface area contributed by atoms with Gasteiger partial charge in [-0.25, -0.2) is 0 Å². The lowest BCUT2D eigenvalue weighted by atomic mass is 10.2. The minimum Gasteiger partial charge on any atom is -0.383 e. The molecule has 0 aromatic heterocycles. The molecule has 0 fully saturated rings. The second-order valence-electron chi connectivity index (χ2n) is 3.94. The van der Waals surface area contributed by atoms with E-state index in [9.17, 15) is 4.79 Å². The van der Waals surface area contributed by atoms with E-state index in [1.54, 1.807) is 7.11 Å². The molecule has 1 atom stereocenters. The molecule has 0 aliphatic rings. The summed E-state index contributed by atoms with van der Waals surface area (Å²) in [7, 11) is 1.65. The standard InChI is InChI=1S/C10H22N2O2/c1-8(2)5-12-10(13)6-11-9(3)7-14-4/h8-9,11H,5-7H2,1-4H3,(H,12,13). The van der Waals surface area contributed by atoms with Crippen molar-refractivity contribution in [2.45, 2.75) is 26.8 Å². The third-order valence-corrected chi connectivity index (χ3v) is 1.74. The van der Waals surface area contributed by atoms with Crippen molar-refractivity contribution >= 4 is 5.91 Å². The average molecular weight is 202 g/mol. The quantitative estimate of drug-likeness (QED) is 0.627. The average Bonchev–Trinajstić information content (AvgIpc) is 2.12. The summed E-state index contributed by atoms with van der Waals surface area (Å²) in [4.78, 5) is 11.2. The summed E-state index contributed by atoms with van der Waals surface area (Å²) in [5.74, 6) is 0.539. The third-order valence-electron chi connectivity index (χ3n) is 1.74. The highest BCUT2D eigenvalue weighted by Crippen LogP contribution is 1.86. The summed E-state index contributed by atoms with van der Waals surface area (Å²) >= 11 is 0. The van der Waals surface area contributed by atoms with E-state index in [4.69, 9.17) is 4.74 Å². The van der Waals surface area contributed by atoms with Crippen molar-refractivity contribution in [3.05, 3.63) is 0 Å². The molecule has 1 amide bonds. The van der Waals surface area contributed by atoms with Gasteiger partial charge in [-0.2, -0.15) is 0 Å². The van der Waals surface area contributed by atoms with Crippen molar-refractivity contribution in [3.8, 4) is 0 Å². The molecule has 2 N–H and O–H groups in total. The van der Waals surface area contributed by atoms with Crippen LogP contribution in [0.1, 0.15) is 20.8 Å². The van der Waals surface area contributed by atoms with Crippen LogP contribution in [0.2, 0.25) is 0 Å². The smallest absolute Gasteiger partial charge is 0.233 e. The third kappa shape index (κ3) is 8.01. The molecule has 84 valence electrons. The van der Waals surface area contributed by atoms with Gasteiger partial charge in [0.2, 0.25) is 5.91 Å². The summed E-state index contributed by atoms with van der Waals surface area (Å²) in [5, 5.41) is 5.91. The van der Waals surface area contributed by atoms with Crippen LogP contribution in [0.25, 0.3) is 0 Å². The fourth-order valence-electron chi connectivity index (χ4n) is 0.956. The molecule has 4 nitrogen and oxygen atoms in total. The summed E-state index contributed by atoms with van der Waals surface area (Å²) in [5.41, 5.74) is 0. The van der Waals surface area contributed by atoms with Gasteiger partial charge in [-0.05, 0) is 12.8 Å². The van der Waals surface area contributed by atoms with Gasteiger partial charge in [-0.15, -0.1) is 0 Å². The van der Waals surface area contributed by atoms with Crippen molar-refractivity contribution in [1.82, 2.24) is 10.6 Å². The van der Waals surface area contributed by atoms with Crippen LogP contribution < -0.4 is 10.6 Å². The molecule has 0 saturated heterocycles. The molecule has 0 aromatic rings. The van der Waals surface area contributed by atoms with Gasteiger partial charge in [-0.1, -0.05) is 13.8 Å². The van der Waals surface area contributed by atoms with Gasteiger partial charge in [0, 0.05) is 19.7 Å². The molecule has 0 saturated carbocycles. The van der Waals surface area contributed by atoms with E-state index in [2.05, 4.69) is 24.5 Å². The van der Waals surface area contributed by atoms with Gasteiger partial charge in [0.05, 0.1) is 13.2 Å². The van der Waals surface area contributed by atoms with Crippen LogP contribution in [0.15, 0.2) is 0 Å². The Morgan fingerprint density at radius 2 is 2.00 bits per heavy atom. The molecule has 0 aromatic carbocycles. The van der Waals surface area contributed by atoms with Crippen LogP contribution in [0.3, 0.4) is 0 Å². The number of nitrogens with one attached hydrogen (secondary N) is 2. The van der Waals surface area contributed by atoms with E-state index >= 15 is 0 Å². The second kappa shape index (κ2) is 7.76. The van der Waals surface area contributed by atoms with Crippen LogP contribution in [0.5, 0.6) is 0 Å². The Balaban J connectivity index is 3.43. The van der Waals surface area contributed by atoms with Crippen molar-refractivity contribution in [2.24, 2.45) is 5.92 Å². The van der Waals surface area contributed by atoms with E-state index in [-0.39, 0.29) is 11.9 Å². The van der Waals surface area contributed by atoms with Gasteiger partial charge < -0.3 is 15.4 Å². The molecule has 14 heavy (non-hydrogen) atoms. The monoisotopic (exact) mass is 202 g/mol. The highest BCUT2D eigenvalue weighted by Gasteiger charge is 2.04. The Hall–Kier alpha value is -0.610. The van der Waals surface area contributed by atoms with Crippen LogP contribution in [-0.2, 0) is 9.53 Å². The van der Waals surface area contributed by atoms with Gasteiger partial charge in [0.1, 0.15) is 0 Å². The lowest BCUT2D eigenvalue weighted by Gasteiger charge is -2.13. The summed E-state index contributed by atoms with van der Waals surface area (Å²) in [6.07, 6.45) is 0. The Morgan fingerprint density at radius 3 is 2.50 bits per heavy atom. The molecule has 0 aliphatic heterocycles. The SMILES string of the molecule is COCC(C)NCC(=O)NCC(C)C. The molecule has 0 spiro atoms. The maximum absolute atomic E-state index is 11.2. The Bertz CT molecular complexity index is 160. The van der Waals surface area contributed by atoms with Crippen molar-refractivity contribution in [3.63, 3.8) is 0 Å². The molecule has 0 bridgehead atoms. The van der Waals surface area contributed by atoms with E-state index in [1.165, 1.54) is 0 Å². The first-order valence-electron chi connectivity index (χ1n) is 5.05. The number of amides is 1. The molecular formula is C10H22N2O2. The predicted molar refractivity (Wildman–Crippen MR) is 57.2 cm³/mol. The fraction of sp³-hybridized carbons (Fsp3) is 0.900. The highest BCUT2D eigenvalue weighted by atomic mass is 16.5. The first-order valence-corrected chi connectivity index (χ1v) is 5.05. The lowest BCUT2D eigenvalue weighted by Crippen LogP contribution is -2.40. The number of hydrogen-bond acceptors (Lipinski definition) is 3. The molecule has 0 rings (SSSR count). The van der Waals surface area contributed by atoms with E-state index < -0.39 is 0 Å². The normalized spacial score (nSPS) is 12.9. The van der Waals surface area contributed by atoms with E-state index in [0.29, 0.717) is 19.1 Å². The van der Waals surface area contributed by atoms with Gasteiger partial charge in [-0.3, -0.25) is 4.79 Å². The highest BCUT2D eigenvalue weighted by molar-refractivity contribution is 5.77. The molecule has 4 heteroatoms. The van der Waals surface area contributed by atoms with Crippen LogP contribution >= 0.6 is 0 Å². The van der Waals surface area contributed by atoms with Crippen LogP contribution in [-0.4, -0.2) is 38.8 Å². The fourth-order valence-corrected chi connectivity index (χ4v) is 0.956. The lowest BCUT2D eigenvalue weighted by molar-refractivity contribution is -0.120. The summed E-state index contributed by atoms with van der Waals surface area (Å²) in [6, 6.07) is 0.213. The number of methoxy groups -OCH3 is 1. The molecule has 0 heterocycles. The first kappa shape index (κ1) is 13.4. The molecule has 0 aliphatic carbocycles. The zero-order valence-corrected chi connectivity index (χ0v) is 9.59. The van der Waals surface area contributed by atoms with E-state index in [1.807, 2.05) is 6.92 Å². The Kier molecular flexibility index (Phi) is 7.42. The van der Waals surface area contributed by atoms with Gasteiger partial charge in [0.15, 0.2) is 0 Å². The topological polar surface area (TPSA) is 50.4 Å². The number of hydrogen-bond donors (Lipinski definition) is 2. The largest absolute Gasteiger partial charge is 0.383 e. The van der Waals surface area contributed by atoms with Crippen LogP contribution in [0.4, 0.5) is 0 Å². The van der Waals surface area contributed by atoms with Crippen molar-refractivity contribution in [2.75, 3.05) is 26.8 Å². The zero-order valence-electron chi connectivity index (χ0n) is 9.59. The van der Waals surface area contributed by atoms with Gasteiger partial charge >= 0.3 is 0 Å². The van der Waals surface area contributed by atoms with E-state index in [0.717, 1.165) is 6.54 Å². The molecule has 1 unspecified atom stereocenters. The first-order chi connectivity index (χ1) is 6.56. The molecule has 0 radical (unpaired) electrons. The zero-order chi connectivity index (χ0) is 11.0. The maximum Gasteiger partial charge on any atom is 0.233 e. The summed E-state index contributed by atoms with van der Waals surface area (Å²) < 4.78 is 4.94.